The van der Waals surface area contributed by atoms with Crippen LogP contribution in [0.4, 0.5) is 5.82 Å². The van der Waals surface area contributed by atoms with Crippen molar-refractivity contribution < 1.29 is 0 Å². The number of nitrogens with zero attached hydrogens (tertiary/aromatic N) is 2. The molecular weight excluding hydrogens is 140 g/mol. The third-order valence-electron chi connectivity index (χ3n) is 1.25. The highest BCUT2D eigenvalue weighted by Gasteiger charge is 1.90. The van der Waals surface area contributed by atoms with Gasteiger partial charge in [-0.25, -0.2) is 0 Å². The van der Waals surface area contributed by atoms with E-state index in [1.54, 1.807) is 0 Å². The lowest BCUT2D eigenvalue weighted by Gasteiger charge is -2.01. The Labute approximate surface area is 65.8 Å². The molecule has 0 spiro atoms. The van der Waals surface area contributed by atoms with Gasteiger partial charge < -0.3 is 11.1 Å². The molecule has 0 aromatic carbocycles. The monoisotopic (exact) mass is 152 g/mol. The molecule has 0 bridgehead atoms. The first-order valence-corrected chi connectivity index (χ1v) is 3.57. The van der Waals surface area contributed by atoms with Gasteiger partial charge in [-0.15, -0.1) is 5.10 Å². The van der Waals surface area contributed by atoms with E-state index in [1.165, 1.54) is 0 Å². The van der Waals surface area contributed by atoms with E-state index in [1.807, 2.05) is 19.1 Å². The third kappa shape index (κ3) is 2.51. The van der Waals surface area contributed by atoms with Gasteiger partial charge in [0, 0.05) is 13.1 Å². The van der Waals surface area contributed by atoms with Crippen LogP contribution in [0, 0.1) is 6.92 Å². The van der Waals surface area contributed by atoms with Crippen LogP contribution in [0.2, 0.25) is 0 Å². The van der Waals surface area contributed by atoms with E-state index < -0.39 is 0 Å². The Kier molecular flexibility index (Phi) is 2.80. The largest absolute Gasteiger partial charge is 0.367 e. The van der Waals surface area contributed by atoms with Gasteiger partial charge in [0.15, 0.2) is 0 Å². The molecule has 0 aliphatic rings. The number of aryl methyl sites for hydroxylation is 1. The van der Waals surface area contributed by atoms with Crippen molar-refractivity contribution in [3.05, 3.63) is 17.8 Å². The summed E-state index contributed by atoms with van der Waals surface area (Å²) in [6.45, 7) is 3.24. The quantitative estimate of drug-likeness (QED) is 0.647. The van der Waals surface area contributed by atoms with Crippen molar-refractivity contribution in [2.45, 2.75) is 6.92 Å². The maximum absolute atomic E-state index is 5.30. The van der Waals surface area contributed by atoms with E-state index in [0.717, 1.165) is 18.1 Å². The van der Waals surface area contributed by atoms with Crippen LogP contribution in [0.5, 0.6) is 0 Å². The van der Waals surface area contributed by atoms with Gasteiger partial charge in [-0.05, 0) is 19.1 Å². The van der Waals surface area contributed by atoms with Gasteiger partial charge in [0.1, 0.15) is 5.82 Å². The SMILES string of the molecule is Cc1ccc(NCCN)nn1. The van der Waals surface area contributed by atoms with Crippen molar-refractivity contribution >= 4 is 5.82 Å². The van der Waals surface area contributed by atoms with E-state index in [0.29, 0.717) is 6.54 Å². The van der Waals surface area contributed by atoms with E-state index in [4.69, 9.17) is 5.73 Å². The first kappa shape index (κ1) is 7.94. The topological polar surface area (TPSA) is 63.8 Å². The summed E-state index contributed by atoms with van der Waals surface area (Å²) >= 11 is 0. The molecule has 0 amide bonds. The van der Waals surface area contributed by atoms with Crippen LogP contribution in [0.1, 0.15) is 5.69 Å². The fraction of sp³-hybridized carbons (Fsp3) is 0.429. The van der Waals surface area contributed by atoms with Crippen molar-refractivity contribution in [3.8, 4) is 0 Å². The summed E-state index contributed by atoms with van der Waals surface area (Å²) in [7, 11) is 0. The molecule has 11 heavy (non-hydrogen) atoms. The van der Waals surface area contributed by atoms with Crippen LogP contribution < -0.4 is 11.1 Å². The number of nitrogens with one attached hydrogen (secondary N) is 1. The predicted molar refractivity (Wildman–Crippen MR) is 44.3 cm³/mol. The molecule has 0 radical (unpaired) electrons. The molecule has 1 heterocycles. The molecule has 0 unspecified atom stereocenters. The highest BCUT2D eigenvalue weighted by molar-refractivity contribution is 5.32. The molecule has 0 atom stereocenters. The van der Waals surface area contributed by atoms with Crippen LogP contribution in [-0.4, -0.2) is 23.3 Å². The molecular formula is C7H12N4. The van der Waals surface area contributed by atoms with Crippen LogP contribution in [-0.2, 0) is 0 Å². The lowest BCUT2D eigenvalue weighted by molar-refractivity contribution is 0.948. The van der Waals surface area contributed by atoms with E-state index in [2.05, 4.69) is 15.5 Å². The van der Waals surface area contributed by atoms with Crippen LogP contribution in [0.3, 0.4) is 0 Å². The summed E-state index contributed by atoms with van der Waals surface area (Å²) in [6, 6.07) is 3.80. The Balaban J connectivity index is 2.52. The molecule has 1 aromatic rings. The second-order valence-corrected chi connectivity index (χ2v) is 2.28. The average molecular weight is 152 g/mol. The Morgan fingerprint density at radius 1 is 1.45 bits per heavy atom. The summed E-state index contributed by atoms with van der Waals surface area (Å²) in [5.74, 6) is 0.779. The number of rotatable bonds is 3. The minimum atomic E-state index is 0.607. The van der Waals surface area contributed by atoms with Crippen molar-refractivity contribution in [2.75, 3.05) is 18.4 Å². The van der Waals surface area contributed by atoms with Gasteiger partial charge in [0.2, 0.25) is 0 Å². The Morgan fingerprint density at radius 2 is 2.27 bits per heavy atom. The smallest absolute Gasteiger partial charge is 0.148 e. The minimum Gasteiger partial charge on any atom is -0.367 e. The molecule has 0 aliphatic carbocycles. The minimum absolute atomic E-state index is 0.607. The van der Waals surface area contributed by atoms with Crippen molar-refractivity contribution in [1.82, 2.24) is 10.2 Å². The maximum atomic E-state index is 5.30. The Bertz CT molecular complexity index is 206. The van der Waals surface area contributed by atoms with E-state index >= 15 is 0 Å². The molecule has 1 rings (SSSR count). The highest BCUT2D eigenvalue weighted by atomic mass is 15.2. The molecule has 3 N–H and O–H groups in total. The number of hydrogen-bond donors (Lipinski definition) is 2. The summed E-state index contributed by atoms with van der Waals surface area (Å²) in [6.07, 6.45) is 0. The zero-order chi connectivity index (χ0) is 8.10. The lowest BCUT2D eigenvalue weighted by Crippen LogP contribution is -2.14. The number of aromatic nitrogens is 2. The molecule has 4 heteroatoms. The summed E-state index contributed by atoms with van der Waals surface area (Å²) in [5, 5.41) is 10.8. The van der Waals surface area contributed by atoms with Crippen LogP contribution >= 0.6 is 0 Å². The first-order chi connectivity index (χ1) is 5.33. The van der Waals surface area contributed by atoms with Gasteiger partial charge in [-0.1, -0.05) is 0 Å². The number of anilines is 1. The van der Waals surface area contributed by atoms with Gasteiger partial charge in [0.05, 0.1) is 5.69 Å². The van der Waals surface area contributed by atoms with Gasteiger partial charge >= 0.3 is 0 Å². The van der Waals surface area contributed by atoms with Gasteiger partial charge in [-0.2, -0.15) is 5.10 Å². The fourth-order valence-corrected chi connectivity index (χ4v) is 0.693. The molecule has 0 saturated carbocycles. The Morgan fingerprint density at radius 3 is 2.82 bits per heavy atom. The molecule has 0 fully saturated rings. The molecule has 60 valence electrons. The van der Waals surface area contributed by atoms with E-state index in [9.17, 15) is 0 Å². The molecule has 0 aliphatic heterocycles. The predicted octanol–water partition coefficient (Wildman–Crippen LogP) is 0.156. The van der Waals surface area contributed by atoms with Crippen molar-refractivity contribution in [3.63, 3.8) is 0 Å². The summed E-state index contributed by atoms with van der Waals surface area (Å²) in [4.78, 5) is 0. The highest BCUT2D eigenvalue weighted by Crippen LogP contribution is 1.98. The summed E-state index contributed by atoms with van der Waals surface area (Å²) < 4.78 is 0. The molecule has 1 aromatic heterocycles. The van der Waals surface area contributed by atoms with Gasteiger partial charge in [-0.3, -0.25) is 0 Å². The van der Waals surface area contributed by atoms with Crippen LogP contribution in [0.15, 0.2) is 12.1 Å². The first-order valence-electron chi connectivity index (χ1n) is 3.57. The fourth-order valence-electron chi connectivity index (χ4n) is 0.693. The summed E-state index contributed by atoms with van der Waals surface area (Å²) in [5.41, 5.74) is 6.22. The molecule has 4 nitrogen and oxygen atoms in total. The zero-order valence-electron chi connectivity index (χ0n) is 6.54. The second kappa shape index (κ2) is 3.88. The van der Waals surface area contributed by atoms with Crippen molar-refractivity contribution in [1.29, 1.82) is 0 Å². The standard InChI is InChI=1S/C7H12N4/c1-6-2-3-7(11-10-6)9-5-4-8/h2-3H,4-5,8H2,1H3,(H,9,11). The van der Waals surface area contributed by atoms with Crippen LogP contribution in [0.25, 0.3) is 0 Å². The van der Waals surface area contributed by atoms with Crippen molar-refractivity contribution in [2.24, 2.45) is 5.73 Å². The average Bonchev–Trinajstić information content (AvgIpc) is 2.04. The lowest BCUT2D eigenvalue weighted by atomic mass is 10.4. The molecule has 0 saturated heterocycles. The van der Waals surface area contributed by atoms with Gasteiger partial charge in [0.25, 0.3) is 0 Å². The number of nitrogens with two attached hydrogens (primary N) is 1. The number of hydrogen-bond acceptors (Lipinski definition) is 4. The normalized spacial score (nSPS) is 9.64. The van der Waals surface area contributed by atoms with E-state index in [-0.39, 0.29) is 0 Å². The third-order valence-corrected chi connectivity index (χ3v) is 1.25. The maximum Gasteiger partial charge on any atom is 0.148 e. The second-order valence-electron chi connectivity index (χ2n) is 2.28. The zero-order valence-corrected chi connectivity index (χ0v) is 6.54. The Hall–Kier alpha value is -1.16.